The second-order valence-corrected chi connectivity index (χ2v) is 5.37. The van der Waals surface area contributed by atoms with Crippen molar-refractivity contribution in [2.45, 2.75) is 19.1 Å². The molecule has 0 spiro atoms. The molecule has 4 nitrogen and oxygen atoms in total. The number of aliphatic hydroxyl groups excluding tert-OH is 1. The summed E-state index contributed by atoms with van der Waals surface area (Å²) in [4.78, 5) is 2.21. The van der Waals surface area contributed by atoms with E-state index in [1.54, 1.807) is 18.4 Å². The van der Waals surface area contributed by atoms with Gasteiger partial charge in [-0.25, -0.2) is 0 Å². The van der Waals surface area contributed by atoms with E-state index >= 15 is 0 Å². The number of hydrogen-bond donors (Lipinski definition) is 1. The van der Waals surface area contributed by atoms with Crippen molar-refractivity contribution in [3.63, 3.8) is 0 Å². The summed E-state index contributed by atoms with van der Waals surface area (Å²) in [6.45, 7) is 3.53. The SMILES string of the molecule is C#CCOC[C@@H](O)CN(CCCOC)Cc1ccsc1. The molecule has 0 saturated heterocycles. The molecule has 0 aliphatic carbocycles. The van der Waals surface area contributed by atoms with Gasteiger partial charge in [0.2, 0.25) is 0 Å². The van der Waals surface area contributed by atoms with Gasteiger partial charge in [-0.3, -0.25) is 4.90 Å². The van der Waals surface area contributed by atoms with E-state index in [4.69, 9.17) is 15.9 Å². The van der Waals surface area contributed by atoms with E-state index in [1.165, 1.54) is 5.56 Å². The Morgan fingerprint density at radius 3 is 3.05 bits per heavy atom. The van der Waals surface area contributed by atoms with Crippen molar-refractivity contribution in [2.75, 3.05) is 40.0 Å². The highest BCUT2D eigenvalue weighted by Gasteiger charge is 2.12. The lowest BCUT2D eigenvalue weighted by atomic mass is 10.2. The van der Waals surface area contributed by atoms with Gasteiger partial charge in [0.15, 0.2) is 0 Å². The van der Waals surface area contributed by atoms with Gasteiger partial charge in [-0.05, 0) is 28.8 Å². The molecule has 1 rings (SSSR count). The highest BCUT2D eigenvalue weighted by atomic mass is 32.1. The number of thiophene rings is 1. The number of methoxy groups -OCH3 is 1. The van der Waals surface area contributed by atoms with Gasteiger partial charge in [0.1, 0.15) is 6.61 Å². The molecule has 1 aromatic rings. The molecule has 1 heterocycles. The van der Waals surface area contributed by atoms with Crippen molar-refractivity contribution in [1.29, 1.82) is 0 Å². The van der Waals surface area contributed by atoms with E-state index < -0.39 is 6.10 Å². The van der Waals surface area contributed by atoms with Crippen molar-refractivity contribution in [3.8, 4) is 12.3 Å². The van der Waals surface area contributed by atoms with Gasteiger partial charge < -0.3 is 14.6 Å². The summed E-state index contributed by atoms with van der Waals surface area (Å²) in [6, 6.07) is 2.11. The van der Waals surface area contributed by atoms with Gasteiger partial charge in [0, 0.05) is 33.4 Å². The number of terminal acetylenes is 1. The summed E-state index contributed by atoms with van der Waals surface area (Å²) in [6.07, 6.45) is 5.53. The lowest BCUT2D eigenvalue weighted by molar-refractivity contribution is 0.0244. The molecule has 0 saturated carbocycles. The summed E-state index contributed by atoms with van der Waals surface area (Å²) < 4.78 is 10.2. The van der Waals surface area contributed by atoms with Gasteiger partial charge in [-0.15, -0.1) is 6.42 Å². The zero-order valence-corrected chi connectivity index (χ0v) is 12.8. The first-order valence-electron chi connectivity index (χ1n) is 6.68. The van der Waals surface area contributed by atoms with Gasteiger partial charge in [0.25, 0.3) is 0 Å². The third-order valence-corrected chi connectivity index (χ3v) is 3.51. The Balaban J connectivity index is 2.38. The van der Waals surface area contributed by atoms with Crippen LogP contribution in [0.25, 0.3) is 0 Å². The van der Waals surface area contributed by atoms with Crippen LogP contribution >= 0.6 is 11.3 Å². The Kier molecular flexibility index (Phi) is 9.29. The predicted octanol–water partition coefficient (Wildman–Crippen LogP) is 1.60. The minimum absolute atomic E-state index is 0.241. The second kappa shape index (κ2) is 10.8. The van der Waals surface area contributed by atoms with Gasteiger partial charge in [-0.1, -0.05) is 5.92 Å². The van der Waals surface area contributed by atoms with Crippen LogP contribution < -0.4 is 0 Å². The lowest BCUT2D eigenvalue weighted by Gasteiger charge is -2.24. The monoisotopic (exact) mass is 297 g/mol. The van der Waals surface area contributed by atoms with Crippen molar-refractivity contribution in [3.05, 3.63) is 22.4 Å². The van der Waals surface area contributed by atoms with Crippen LogP contribution in [0.1, 0.15) is 12.0 Å². The zero-order valence-electron chi connectivity index (χ0n) is 12.0. The predicted molar refractivity (Wildman–Crippen MR) is 81.7 cm³/mol. The molecule has 1 atom stereocenters. The molecule has 1 N–H and O–H groups in total. The van der Waals surface area contributed by atoms with Crippen LogP contribution in [0.5, 0.6) is 0 Å². The summed E-state index contributed by atoms with van der Waals surface area (Å²) in [7, 11) is 1.70. The van der Waals surface area contributed by atoms with Crippen LogP contribution in [0.15, 0.2) is 16.8 Å². The fourth-order valence-electron chi connectivity index (χ4n) is 1.91. The Morgan fingerprint density at radius 1 is 1.55 bits per heavy atom. The van der Waals surface area contributed by atoms with E-state index in [0.717, 1.165) is 26.1 Å². The number of hydrogen-bond acceptors (Lipinski definition) is 5. The molecule has 0 unspecified atom stereocenters. The van der Waals surface area contributed by atoms with Crippen molar-refractivity contribution in [2.24, 2.45) is 0 Å². The highest BCUT2D eigenvalue weighted by molar-refractivity contribution is 7.07. The fourth-order valence-corrected chi connectivity index (χ4v) is 2.57. The van der Waals surface area contributed by atoms with E-state index in [1.807, 2.05) is 0 Å². The van der Waals surface area contributed by atoms with Gasteiger partial charge in [0.05, 0.1) is 12.7 Å². The number of aliphatic hydroxyl groups is 1. The van der Waals surface area contributed by atoms with Crippen LogP contribution in [0.2, 0.25) is 0 Å². The van der Waals surface area contributed by atoms with E-state index in [2.05, 4.69) is 27.6 Å². The molecule has 0 bridgehead atoms. The van der Waals surface area contributed by atoms with E-state index in [-0.39, 0.29) is 13.2 Å². The summed E-state index contributed by atoms with van der Waals surface area (Å²) in [5, 5.41) is 14.2. The van der Waals surface area contributed by atoms with Crippen LogP contribution in [0, 0.1) is 12.3 Å². The van der Waals surface area contributed by atoms with E-state index in [0.29, 0.717) is 6.54 Å². The lowest BCUT2D eigenvalue weighted by Crippen LogP contribution is -2.35. The zero-order chi connectivity index (χ0) is 14.6. The van der Waals surface area contributed by atoms with Crippen molar-refractivity contribution in [1.82, 2.24) is 4.90 Å². The molecule has 0 aliphatic rings. The molecule has 0 amide bonds. The molecule has 20 heavy (non-hydrogen) atoms. The molecule has 1 aromatic heterocycles. The maximum atomic E-state index is 9.97. The Morgan fingerprint density at radius 2 is 2.40 bits per heavy atom. The van der Waals surface area contributed by atoms with Gasteiger partial charge >= 0.3 is 0 Å². The van der Waals surface area contributed by atoms with Gasteiger partial charge in [-0.2, -0.15) is 11.3 Å². The Hall–Kier alpha value is -0.900. The molecule has 112 valence electrons. The molecular formula is C15H23NO3S. The minimum atomic E-state index is -0.524. The first kappa shape index (κ1) is 17.2. The largest absolute Gasteiger partial charge is 0.389 e. The average Bonchev–Trinajstić information content (AvgIpc) is 2.92. The maximum Gasteiger partial charge on any atom is 0.107 e. The second-order valence-electron chi connectivity index (χ2n) is 4.59. The first-order valence-corrected chi connectivity index (χ1v) is 7.62. The summed E-state index contributed by atoms with van der Waals surface area (Å²) in [5.41, 5.74) is 1.27. The van der Waals surface area contributed by atoms with Crippen LogP contribution in [-0.2, 0) is 16.0 Å². The Bertz CT molecular complexity index is 375. The van der Waals surface area contributed by atoms with Crippen LogP contribution in [0.4, 0.5) is 0 Å². The molecular weight excluding hydrogens is 274 g/mol. The van der Waals surface area contributed by atoms with Crippen LogP contribution in [-0.4, -0.2) is 56.1 Å². The van der Waals surface area contributed by atoms with Crippen LogP contribution in [0.3, 0.4) is 0 Å². The molecule has 0 fully saturated rings. The summed E-state index contributed by atoms with van der Waals surface area (Å²) in [5.74, 6) is 2.39. The Labute approximate surface area is 125 Å². The van der Waals surface area contributed by atoms with E-state index in [9.17, 15) is 5.11 Å². The molecule has 5 heteroatoms. The summed E-state index contributed by atoms with van der Waals surface area (Å²) >= 11 is 1.68. The third kappa shape index (κ3) is 7.63. The molecule has 0 aliphatic heterocycles. The highest BCUT2D eigenvalue weighted by Crippen LogP contribution is 2.10. The average molecular weight is 297 g/mol. The topological polar surface area (TPSA) is 41.9 Å². The number of rotatable bonds is 11. The quantitative estimate of drug-likeness (QED) is 0.497. The molecule has 0 aromatic carbocycles. The molecule has 0 radical (unpaired) electrons. The van der Waals surface area contributed by atoms with Crippen molar-refractivity contribution >= 4 is 11.3 Å². The number of nitrogens with zero attached hydrogens (tertiary/aromatic N) is 1. The maximum absolute atomic E-state index is 9.97. The minimum Gasteiger partial charge on any atom is -0.389 e. The number of ether oxygens (including phenoxy) is 2. The third-order valence-electron chi connectivity index (χ3n) is 2.77. The smallest absolute Gasteiger partial charge is 0.107 e. The fraction of sp³-hybridized carbons (Fsp3) is 0.600. The standard InChI is InChI=1S/C15H23NO3S/c1-3-7-19-12-15(17)11-16(6-4-8-18-2)10-14-5-9-20-13-14/h1,5,9,13,15,17H,4,6-8,10-12H2,2H3/t15-/m0/s1. The normalized spacial score (nSPS) is 12.5. The van der Waals surface area contributed by atoms with Crippen molar-refractivity contribution < 1.29 is 14.6 Å². The first-order chi connectivity index (χ1) is 9.76.